The molecule has 2 aliphatic heterocycles. The number of carboxylic acid groups (broad SMARTS) is 1. The molecule has 39 heavy (non-hydrogen) atoms. The minimum atomic E-state index is -1.06. The van der Waals surface area contributed by atoms with Crippen LogP contribution < -0.4 is 4.74 Å². The highest BCUT2D eigenvalue weighted by atomic mass is 16.5. The maximum Gasteiger partial charge on any atom is 0.326 e. The molecule has 1 amide bonds. The number of amides is 1. The third-order valence-electron chi connectivity index (χ3n) is 11.1. The maximum absolute atomic E-state index is 13.6. The maximum atomic E-state index is 13.6. The molecule has 6 atom stereocenters. The van der Waals surface area contributed by atoms with Crippen LogP contribution in [0.1, 0.15) is 80.4 Å². The van der Waals surface area contributed by atoms with Crippen LogP contribution in [0.5, 0.6) is 11.5 Å². The molecule has 2 aromatic carbocycles. The summed E-state index contributed by atoms with van der Waals surface area (Å²) < 4.78 is 7.06. The second-order valence-electron chi connectivity index (χ2n) is 13.2. The van der Waals surface area contributed by atoms with Gasteiger partial charge in [-0.2, -0.15) is 0 Å². The monoisotopic (exact) mass is 533 g/mol. The summed E-state index contributed by atoms with van der Waals surface area (Å²) in [5.74, 6) is -0.391. The van der Waals surface area contributed by atoms with Crippen LogP contribution in [-0.4, -0.2) is 49.8 Å². The zero-order valence-electron chi connectivity index (χ0n) is 23.2. The van der Waals surface area contributed by atoms with Crippen LogP contribution in [0.25, 0.3) is 0 Å². The Balaban J connectivity index is 1.38. The fourth-order valence-electron chi connectivity index (χ4n) is 8.71. The molecule has 2 aliphatic carbocycles. The summed E-state index contributed by atoms with van der Waals surface area (Å²) in [4.78, 5) is 27.4. The Morgan fingerprint density at radius 3 is 2.54 bits per heavy atom. The number of aromatic hydroxyl groups is 1. The van der Waals surface area contributed by atoms with E-state index in [-0.39, 0.29) is 47.5 Å². The molecule has 6 rings (SSSR count). The van der Waals surface area contributed by atoms with Gasteiger partial charge in [0.25, 0.3) is 5.91 Å². The van der Waals surface area contributed by atoms with Gasteiger partial charge in [-0.3, -0.25) is 4.79 Å². The van der Waals surface area contributed by atoms with Gasteiger partial charge in [-0.05, 0) is 54.6 Å². The van der Waals surface area contributed by atoms with Gasteiger partial charge in [0, 0.05) is 29.4 Å². The van der Waals surface area contributed by atoms with E-state index in [1.54, 1.807) is 0 Å². The van der Waals surface area contributed by atoms with Crippen LogP contribution in [-0.2, 0) is 24.2 Å². The van der Waals surface area contributed by atoms with Gasteiger partial charge in [0.1, 0.15) is 23.1 Å². The molecule has 7 nitrogen and oxygen atoms in total. The summed E-state index contributed by atoms with van der Waals surface area (Å²) in [6, 6.07) is 9.81. The van der Waals surface area contributed by atoms with Crippen molar-refractivity contribution in [3.05, 3.63) is 58.7 Å². The van der Waals surface area contributed by atoms with Gasteiger partial charge >= 0.3 is 5.97 Å². The molecule has 2 aromatic rings. The van der Waals surface area contributed by atoms with Crippen LogP contribution in [0, 0.1) is 22.7 Å². The third-order valence-corrected chi connectivity index (χ3v) is 11.1. The number of nitrogens with zero attached hydrogens (tertiary/aromatic N) is 1. The minimum absolute atomic E-state index is 0.0405. The van der Waals surface area contributed by atoms with Crippen LogP contribution in [0.3, 0.4) is 0 Å². The second kappa shape index (κ2) is 8.72. The van der Waals surface area contributed by atoms with E-state index < -0.39 is 23.5 Å². The first-order chi connectivity index (χ1) is 18.4. The number of rotatable bonds is 4. The van der Waals surface area contributed by atoms with Gasteiger partial charge < -0.3 is 25.0 Å². The summed E-state index contributed by atoms with van der Waals surface area (Å²) in [6.07, 6.45) is 3.87. The summed E-state index contributed by atoms with van der Waals surface area (Å²) in [6.45, 7) is 8.98. The molecule has 3 N–H and O–H groups in total. The topological polar surface area (TPSA) is 107 Å². The van der Waals surface area contributed by atoms with Crippen molar-refractivity contribution >= 4 is 11.9 Å². The first kappa shape index (κ1) is 26.2. The second-order valence-corrected chi connectivity index (χ2v) is 13.2. The largest absolute Gasteiger partial charge is 0.508 e. The highest BCUT2D eigenvalue weighted by Gasteiger charge is 2.67. The van der Waals surface area contributed by atoms with E-state index in [4.69, 9.17) is 4.74 Å². The van der Waals surface area contributed by atoms with Crippen molar-refractivity contribution in [2.24, 2.45) is 22.7 Å². The lowest BCUT2D eigenvalue weighted by Gasteiger charge is -2.64. The first-order valence-electron chi connectivity index (χ1n) is 14.2. The Morgan fingerprint density at radius 2 is 1.85 bits per heavy atom. The lowest BCUT2D eigenvalue weighted by atomic mass is 9.43. The zero-order valence-corrected chi connectivity index (χ0v) is 23.2. The van der Waals surface area contributed by atoms with E-state index in [2.05, 4.69) is 27.7 Å². The standard InChI is InChI=1S/C32H39NO6/c1-18-10-11-25-30(2,3)26(35)12-13-31(25,4)32(18)16-21-24(34)15-20-22(27(21)39-32)17-33(28(20)36)23(29(37)38)14-19-8-6-5-7-9-19/h5-9,15,18,23,25-26,34-35H,10-14,16-17H2,1-4H3,(H,37,38)/t18-,23?,25+,26-,31+,32-/m1/s1. The number of aliphatic carboxylic acids is 1. The van der Waals surface area contributed by atoms with E-state index in [1.807, 2.05) is 30.3 Å². The number of benzene rings is 2. The molecule has 208 valence electrons. The van der Waals surface area contributed by atoms with E-state index in [0.717, 1.165) is 30.4 Å². The Hall–Kier alpha value is -3.06. The molecule has 0 bridgehead atoms. The molecule has 2 saturated carbocycles. The molecule has 1 spiro atoms. The number of carbonyl (C=O) groups excluding carboxylic acids is 1. The minimum Gasteiger partial charge on any atom is -0.508 e. The normalized spacial score (nSPS) is 33.3. The van der Waals surface area contributed by atoms with E-state index in [1.165, 1.54) is 11.0 Å². The molecule has 2 fully saturated rings. The van der Waals surface area contributed by atoms with Crippen molar-refractivity contribution in [3.63, 3.8) is 0 Å². The summed E-state index contributed by atoms with van der Waals surface area (Å²) in [7, 11) is 0. The van der Waals surface area contributed by atoms with Crippen molar-refractivity contribution in [1.82, 2.24) is 4.90 Å². The molecular formula is C32H39NO6. The van der Waals surface area contributed by atoms with Gasteiger partial charge in [0.15, 0.2) is 0 Å². The van der Waals surface area contributed by atoms with Crippen LogP contribution in [0.15, 0.2) is 36.4 Å². The molecule has 7 heteroatoms. The SMILES string of the molecule is C[C@@H]1CC[C@H]2C(C)(C)[C@H](O)CC[C@]2(C)[C@@]12Cc1c(O)cc3c(c1O2)CN(C(Cc1ccccc1)C(=O)O)C3=O. The van der Waals surface area contributed by atoms with Gasteiger partial charge in [0.05, 0.1) is 18.2 Å². The molecule has 2 heterocycles. The van der Waals surface area contributed by atoms with Gasteiger partial charge in [-0.15, -0.1) is 0 Å². The first-order valence-corrected chi connectivity index (χ1v) is 14.2. The highest BCUT2D eigenvalue weighted by Crippen LogP contribution is 2.67. The van der Waals surface area contributed by atoms with Crippen molar-refractivity contribution in [3.8, 4) is 11.5 Å². The molecule has 1 unspecified atom stereocenters. The summed E-state index contributed by atoms with van der Waals surface area (Å²) >= 11 is 0. The van der Waals surface area contributed by atoms with Crippen molar-refractivity contribution < 1.29 is 29.6 Å². The predicted molar refractivity (Wildman–Crippen MR) is 146 cm³/mol. The van der Waals surface area contributed by atoms with Crippen molar-refractivity contribution in [2.45, 2.75) is 90.5 Å². The average Bonchev–Trinajstić information content (AvgIpc) is 3.45. The number of aliphatic hydroxyl groups excluding tert-OH is 1. The fourth-order valence-corrected chi connectivity index (χ4v) is 8.71. The van der Waals surface area contributed by atoms with Gasteiger partial charge in [0.2, 0.25) is 0 Å². The molecule has 4 aliphatic rings. The highest BCUT2D eigenvalue weighted by molar-refractivity contribution is 6.02. The van der Waals surface area contributed by atoms with Crippen molar-refractivity contribution in [2.75, 3.05) is 0 Å². The lowest BCUT2D eigenvalue weighted by molar-refractivity contribution is -0.210. The number of phenolic OH excluding ortho intramolecular Hbond substituents is 1. The van der Waals surface area contributed by atoms with Crippen LogP contribution >= 0.6 is 0 Å². The number of ether oxygens (including phenoxy) is 1. The number of aliphatic hydroxyl groups is 1. The number of hydrogen-bond acceptors (Lipinski definition) is 5. The van der Waals surface area contributed by atoms with Gasteiger partial charge in [-0.1, -0.05) is 58.0 Å². The Kier molecular flexibility index (Phi) is 5.85. The number of hydrogen-bond donors (Lipinski definition) is 3. The molecular weight excluding hydrogens is 494 g/mol. The number of fused-ring (bicyclic) bond motifs is 5. The predicted octanol–water partition coefficient (Wildman–Crippen LogP) is 4.95. The van der Waals surface area contributed by atoms with E-state index in [9.17, 15) is 24.9 Å². The fraction of sp³-hybridized carbons (Fsp3) is 0.562. The summed E-state index contributed by atoms with van der Waals surface area (Å²) in [5.41, 5.74) is 1.50. The number of carboxylic acids is 1. The van der Waals surface area contributed by atoms with Crippen molar-refractivity contribution in [1.29, 1.82) is 0 Å². The average molecular weight is 534 g/mol. The molecule has 0 radical (unpaired) electrons. The van der Waals surface area contributed by atoms with Crippen LogP contribution in [0.2, 0.25) is 0 Å². The van der Waals surface area contributed by atoms with E-state index >= 15 is 0 Å². The lowest BCUT2D eigenvalue weighted by Crippen LogP contribution is -2.66. The molecule has 0 saturated heterocycles. The third kappa shape index (κ3) is 3.58. The Bertz CT molecular complexity index is 1340. The van der Waals surface area contributed by atoms with Gasteiger partial charge in [-0.25, -0.2) is 4.79 Å². The van der Waals surface area contributed by atoms with E-state index in [0.29, 0.717) is 29.7 Å². The summed E-state index contributed by atoms with van der Waals surface area (Å²) in [5, 5.41) is 32.2. The number of carbonyl (C=O) groups is 2. The quantitative estimate of drug-likeness (QED) is 0.513. The van der Waals surface area contributed by atoms with Crippen LogP contribution in [0.4, 0.5) is 0 Å². The Labute approximate surface area is 229 Å². The number of phenols is 1. The molecule has 0 aromatic heterocycles. The Morgan fingerprint density at radius 1 is 1.13 bits per heavy atom. The zero-order chi connectivity index (χ0) is 27.9. The smallest absolute Gasteiger partial charge is 0.326 e.